The topological polar surface area (TPSA) is 43.6 Å². The molecule has 5 heteroatoms. The zero-order valence-corrected chi connectivity index (χ0v) is 17.5. The number of nitrogens with zero attached hydrogens (tertiary/aromatic N) is 2. The summed E-state index contributed by atoms with van der Waals surface area (Å²) < 4.78 is 21.0. The van der Waals surface area contributed by atoms with Crippen LogP contribution >= 0.6 is 0 Å². The van der Waals surface area contributed by atoms with Crippen molar-refractivity contribution in [2.75, 3.05) is 7.11 Å². The Morgan fingerprint density at radius 3 is 2.47 bits per heavy atom. The van der Waals surface area contributed by atoms with Gasteiger partial charge in [0.1, 0.15) is 11.2 Å². The molecule has 0 aliphatic rings. The highest BCUT2D eigenvalue weighted by atomic mass is 19.1. The molecule has 0 unspecified atom stereocenters. The van der Waals surface area contributed by atoms with E-state index in [4.69, 9.17) is 9.72 Å². The van der Waals surface area contributed by atoms with Crippen molar-refractivity contribution < 1.29 is 13.9 Å². The third-order valence-corrected chi connectivity index (χ3v) is 5.40. The summed E-state index contributed by atoms with van der Waals surface area (Å²) in [7, 11) is 1.24. The van der Waals surface area contributed by atoms with Gasteiger partial charge in [-0.25, -0.2) is 14.2 Å². The van der Waals surface area contributed by atoms with Crippen molar-refractivity contribution in [2.24, 2.45) is 0 Å². The van der Waals surface area contributed by atoms with Crippen molar-refractivity contribution in [1.29, 1.82) is 0 Å². The Balaban J connectivity index is 1.97. The number of halogens is 1. The van der Waals surface area contributed by atoms with Crippen molar-refractivity contribution in [3.8, 4) is 22.4 Å². The monoisotopic (exact) mass is 402 g/mol. The highest BCUT2D eigenvalue weighted by Gasteiger charge is 2.20. The minimum atomic E-state index is -0.715. The maximum absolute atomic E-state index is 14.6. The fourth-order valence-electron chi connectivity index (χ4n) is 3.97. The second kappa shape index (κ2) is 7.75. The lowest BCUT2D eigenvalue weighted by Crippen LogP contribution is -2.06. The number of hydrogen-bond donors (Lipinski definition) is 0. The van der Waals surface area contributed by atoms with Crippen LogP contribution in [0.15, 0.2) is 54.7 Å². The zero-order valence-electron chi connectivity index (χ0n) is 17.5. The summed E-state index contributed by atoms with van der Waals surface area (Å²) in [5, 5.41) is 0. The number of aryl methyl sites for hydroxylation is 3. The molecule has 0 saturated heterocycles. The molecule has 0 aliphatic carbocycles. The van der Waals surface area contributed by atoms with E-state index in [2.05, 4.69) is 38.1 Å². The van der Waals surface area contributed by atoms with Crippen LogP contribution in [0.2, 0.25) is 0 Å². The van der Waals surface area contributed by atoms with Gasteiger partial charge < -0.3 is 9.14 Å². The molecule has 0 aliphatic heterocycles. The summed E-state index contributed by atoms with van der Waals surface area (Å²) >= 11 is 0. The maximum Gasteiger partial charge on any atom is 0.341 e. The second-order valence-corrected chi connectivity index (χ2v) is 7.38. The van der Waals surface area contributed by atoms with Gasteiger partial charge in [0.25, 0.3) is 0 Å². The molecular formula is C25H23FN2O2. The largest absolute Gasteiger partial charge is 0.465 e. The molecule has 0 saturated carbocycles. The molecule has 0 spiro atoms. The van der Waals surface area contributed by atoms with Crippen LogP contribution in [0.25, 0.3) is 28.0 Å². The summed E-state index contributed by atoms with van der Waals surface area (Å²) in [6.45, 7) is 6.19. The SMILES string of the molecule is CCc1c(-c2ccccc2-c2ccc(C)cc2C)nc2cc(C(=O)OC)c(F)cn12. The van der Waals surface area contributed by atoms with Crippen LogP contribution in [0.4, 0.5) is 4.39 Å². The number of aromatic nitrogens is 2. The molecule has 0 amide bonds. The van der Waals surface area contributed by atoms with E-state index in [-0.39, 0.29) is 5.56 Å². The Bertz CT molecular complexity index is 1270. The Kier molecular flexibility index (Phi) is 5.12. The van der Waals surface area contributed by atoms with Gasteiger partial charge in [-0.3, -0.25) is 0 Å². The molecule has 0 N–H and O–H groups in total. The fourth-order valence-corrected chi connectivity index (χ4v) is 3.97. The Hall–Kier alpha value is -3.47. The first-order chi connectivity index (χ1) is 14.4. The molecule has 0 fully saturated rings. The van der Waals surface area contributed by atoms with E-state index < -0.39 is 11.8 Å². The highest BCUT2D eigenvalue weighted by Crippen LogP contribution is 2.36. The fraction of sp³-hybridized carbons (Fsp3) is 0.200. The molecule has 4 aromatic rings. The highest BCUT2D eigenvalue weighted by molar-refractivity contribution is 5.91. The van der Waals surface area contributed by atoms with Crippen LogP contribution in [-0.2, 0) is 11.2 Å². The van der Waals surface area contributed by atoms with E-state index in [0.717, 1.165) is 28.1 Å². The summed E-state index contributed by atoms with van der Waals surface area (Å²) in [5.41, 5.74) is 7.64. The van der Waals surface area contributed by atoms with Gasteiger partial charge in [-0.15, -0.1) is 0 Å². The van der Waals surface area contributed by atoms with Crippen LogP contribution < -0.4 is 0 Å². The van der Waals surface area contributed by atoms with E-state index in [0.29, 0.717) is 12.1 Å². The number of carbonyl (C=O) groups excluding carboxylic acids is 1. The number of ether oxygens (including phenoxy) is 1. The number of carbonyl (C=O) groups is 1. The average Bonchev–Trinajstić information content (AvgIpc) is 3.09. The Morgan fingerprint density at radius 1 is 1.07 bits per heavy atom. The van der Waals surface area contributed by atoms with Crippen LogP contribution in [0.5, 0.6) is 0 Å². The van der Waals surface area contributed by atoms with E-state index in [1.54, 1.807) is 4.40 Å². The van der Waals surface area contributed by atoms with Crippen molar-refractivity contribution in [3.63, 3.8) is 0 Å². The molecule has 2 aromatic carbocycles. The number of esters is 1. The molecule has 4 nitrogen and oxygen atoms in total. The Morgan fingerprint density at radius 2 is 1.80 bits per heavy atom. The third kappa shape index (κ3) is 3.26. The first-order valence-corrected chi connectivity index (χ1v) is 9.90. The van der Waals surface area contributed by atoms with Crippen LogP contribution in [0, 0.1) is 19.7 Å². The van der Waals surface area contributed by atoms with E-state index in [1.807, 2.05) is 25.1 Å². The number of benzene rings is 2. The molecule has 0 atom stereocenters. The van der Waals surface area contributed by atoms with Gasteiger partial charge in [0.15, 0.2) is 5.82 Å². The van der Waals surface area contributed by atoms with Gasteiger partial charge in [0.2, 0.25) is 0 Å². The number of methoxy groups -OCH3 is 1. The summed E-state index contributed by atoms with van der Waals surface area (Å²) in [6, 6.07) is 15.9. The van der Waals surface area contributed by atoms with Crippen LogP contribution in [-0.4, -0.2) is 22.5 Å². The smallest absolute Gasteiger partial charge is 0.341 e. The zero-order chi connectivity index (χ0) is 21.4. The maximum atomic E-state index is 14.6. The number of hydrogen-bond acceptors (Lipinski definition) is 3. The molecule has 2 aromatic heterocycles. The van der Waals surface area contributed by atoms with Gasteiger partial charge in [0, 0.05) is 11.8 Å². The number of fused-ring (bicyclic) bond motifs is 1. The minimum absolute atomic E-state index is 0.119. The lowest BCUT2D eigenvalue weighted by atomic mass is 9.93. The molecule has 0 bridgehead atoms. The number of pyridine rings is 1. The first kappa shape index (κ1) is 19.8. The number of rotatable bonds is 4. The minimum Gasteiger partial charge on any atom is -0.465 e. The summed E-state index contributed by atoms with van der Waals surface area (Å²) in [6.07, 6.45) is 1.98. The van der Waals surface area contributed by atoms with Gasteiger partial charge in [-0.2, -0.15) is 0 Å². The lowest BCUT2D eigenvalue weighted by Gasteiger charge is -2.12. The predicted octanol–water partition coefficient (Wildman–Crippen LogP) is 5.77. The average molecular weight is 402 g/mol. The molecule has 0 radical (unpaired) electrons. The van der Waals surface area contributed by atoms with Gasteiger partial charge in [0.05, 0.1) is 18.5 Å². The Labute approximate surface area is 175 Å². The third-order valence-electron chi connectivity index (χ3n) is 5.40. The van der Waals surface area contributed by atoms with E-state index in [9.17, 15) is 9.18 Å². The normalized spacial score (nSPS) is 11.1. The second-order valence-electron chi connectivity index (χ2n) is 7.38. The molecule has 152 valence electrons. The van der Waals surface area contributed by atoms with Gasteiger partial charge >= 0.3 is 5.97 Å². The van der Waals surface area contributed by atoms with Gasteiger partial charge in [-0.1, -0.05) is 55.0 Å². The predicted molar refractivity (Wildman–Crippen MR) is 116 cm³/mol. The summed E-state index contributed by atoms with van der Waals surface area (Å²) in [5.74, 6) is -1.34. The van der Waals surface area contributed by atoms with Crippen LogP contribution in [0.1, 0.15) is 34.1 Å². The van der Waals surface area contributed by atoms with Crippen molar-refractivity contribution in [1.82, 2.24) is 9.38 Å². The molecule has 30 heavy (non-hydrogen) atoms. The molecule has 2 heterocycles. The molecule has 4 rings (SSSR count). The lowest BCUT2D eigenvalue weighted by molar-refractivity contribution is 0.0595. The van der Waals surface area contributed by atoms with Gasteiger partial charge in [-0.05, 0) is 43.0 Å². The van der Waals surface area contributed by atoms with E-state index in [1.165, 1.54) is 30.5 Å². The first-order valence-electron chi connectivity index (χ1n) is 9.90. The quantitative estimate of drug-likeness (QED) is 0.407. The van der Waals surface area contributed by atoms with Crippen molar-refractivity contribution in [3.05, 3.63) is 82.9 Å². The summed E-state index contributed by atoms with van der Waals surface area (Å²) in [4.78, 5) is 16.7. The molecular weight excluding hydrogens is 379 g/mol. The van der Waals surface area contributed by atoms with Crippen molar-refractivity contribution in [2.45, 2.75) is 27.2 Å². The van der Waals surface area contributed by atoms with E-state index >= 15 is 0 Å². The number of imidazole rings is 1. The van der Waals surface area contributed by atoms with Crippen LogP contribution in [0.3, 0.4) is 0 Å². The van der Waals surface area contributed by atoms with Crippen molar-refractivity contribution >= 4 is 11.6 Å². The standard InChI is InChI=1S/C25H23FN2O2/c1-5-22-24(27-23-13-20(25(29)30-4)21(26)14-28(22)23)19-9-7-6-8-18(19)17-11-10-15(2)12-16(17)3/h6-14H,5H2,1-4H3.